The maximum Gasteiger partial charge on any atom is 0.161 e. The summed E-state index contributed by atoms with van der Waals surface area (Å²) in [5.41, 5.74) is 4.73. The van der Waals surface area contributed by atoms with E-state index in [0.29, 0.717) is 23.9 Å². The molecule has 154 valence electrons. The van der Waals surface area contributed by atoms with Gasteiger partial charge in [0.15, 0.2) is 23.0 Å². The minimum absolute atomic E-state index is 0.150. The first-order chi connectivity index (χ1) is 14.1. The highest BCUT2D eigenvalue weighted by atomic mass is 16.5. The molecule has 1 atom stereocenters. The molecule has 0 bridgehead atoms. The third-order valence-corrected chi connectivity index (χ3v) is 5.14. The number of hydrogen-bond donors (Lipinski definition) is 0. The average Bonchev–Trinajstić information content (AvgIpc) is 2.88. The van der Waals surface area contributed by atoms with Crippen LogP contribution in [0.15, 0.2) is 40.5 Å². The second kappa shape index (κ2) is 8.99. The maximum absolute atomic E-state index is 5.83. The number of rotatable bonds is 7. The molecule has 29 heavy (non-hydrogen) atoms. The van der Waals surface area contributed by atoms with E-state index >= 15 is 0 Å². The minimum atomic E-state index is 0.150. The SMILES string of the molecule is CCOc1cc2c(cc1OC)C(c1ccc(OC)c(OC)c1)=NN=C(C)C2CC. The molecule has 1 unspecified atom stereocenters. The van der Waals surface area contributed by atoms with Gasteiger partial charge in [0.1, 0.15) is 5.71 Å². The van der Waals surface area contributed by atoms with Crippen molar-refractivity contribution in [3.05, 3.63) is 47.0 Å². The third kappa shape index (κ3) is 3.92. The van der Waals surface area contributed by atoms with Gasteiger partial charge >= 0.3 is 0 Å². The van der Waals surface area contributed by atoms with Crippen molar-refractivity contribution in [3.8, 4) is 23.0 Å². The van der Waals surface area contributed by atoms with Crippen LogP contribution in [0, 0.1) is 0 Å². The van der Waals surface area contributed by atoms with E-state index in [1.54, 1.807) is 21.3 Å². The Morgan fingerprint density at radius 1 is 0.828 bits per heavy atom. The van der Waals surface area contributed by atoms with E-state index in [2.05, 4.69) is 23.2 Å². The molecule has 2 aromatic rings. The number of hydrogen-bond acceptors (Lipinski definition) is 6. The van der Waals surface area contributed by atoms with Gasteiger partial charge in [0, 0.05) is 22.8 Å². The van der Waals surface area contributed by atoms with E-state index in [0.717, 1.165) is 40.3 Å². The van der Waals surface area contributed by atoms with Crippen molar-refractivity contribution in [3.63, 3.8) is 0 Å². The fourth-order valence-corrected chi connectivity index (χ4v) is 3.69. The Labute approximate surface area is 172 Å². The molecule has 1 aliphatic heterocycles. The van der Waals surface area contributed by atoms with Crippen molar-refractivity contribution in [1.82, 2.24) is 0 Å². The zero-order chi connectivity index (χ0) is 21.0. The molecule has 0 saturated heterocycles. The molecule has 0 amide bonds. The lowest BCUT2D eigenvalue weighted by Gasteiger charge is -2.20. The van der Waals surface area contributed by atoms with E-state index in [4.69, 9.17) is 18.9 Å². The predicted molar refractivity (Wildman–Crippen MR) is 115 cm³/mol. The Morgan fingerprint density at radius 2 is 1.52 bits per heavy atom. The van der Waals surface area contributed by atoms with Gasteiger partial charge < -0.3 is 18.9 Å². The van der Waals surface area contributed by atoms with Gasteiger partial charge in [0.2, 0.25) is 0 Å². The standard InChI is InChI=1S/C23H28N2O4/c1-7-16-14(3)24-25-23(15-9-10-19(26-4)20(11-15)27-5)18-13-21(28-6)22(29-8-2)12-17(16)18/h9-13,16H,7-8H2,1-6H3. The number of fused-ring (bicyclic) bond motifs is 1. The predicted octanol–water partition coefficient (Wildman–Crippen LogP) is 4.83. The summed E-state index contributed by atoms with van der Waals surface area (Å²) in [6.07, 6.45) is 0.912. The van der Waals surface area contributed by atoms with Crippen LogP contribution in [0.3, 0.4) is 0 Å². The molecule has 2 aromatic carbocycles. The molecule has 0 fully saturated rings. The molecule has 3 rings (SSSR count). The Hall–Kier alpha value is -3.02. The van der Waals surface area contributed by atoms with Crippen molar-refractivity contribution < 1.29 is 18.9 Å². The number of benzene rings is 2. The van der Waals surface area contributed by atoms with Crippen LogP contribution in [0.1, 0.15) is 49.8 Å². The van der Waals surface area contributed by atoms with E-state index in [9.17, 15) is 0 Å². The first kappa shape index (κ1) is 20.7. The van der Waals surface area contributed by atoms with E-state index in [-0.39, 0.29) is 5.92 Å². The van der Waals surface area contributed by atoms with Gasteiger partial charge in [-0.2, -0.15) is 5.10 Å². The lowest BCUT2D eigenvalue weighted by molar-refractivity contribution is 0.310. The van der Waals surface area contributed by atoms with Crippen LogP contribution in [0.2, 0.25) is 0 Å². The van der Waals surface area contributed by atoms with Crippen LogP contribution in [-0.2, 0) is 0 Å². The van der Waals surface area contributed by atoms with Gasteiger partial charge in [-0.15, -0.1) is 5.10 Å². The van der Waals surface area contributed by atoms with Crippen LogP contribution >= 0.6 is 0 Å². The highest BCUT2D eigenvalue weighted by Gasteiger charge is 2.26. The Balaban J connectivity index is 2.24. The van der Waals surface area contributed by atoms with E-state index in [1.165, 1.54) is 0 Å². The summed E-state index contributed by atoms with van der Waals surface area (Å²) in [7, 11) is 4.89. The molecular formula is C23H28N2O4. The Kier molecular flexibility index (Phi) is 6.42. The molecule has 6 nitrogen and oxygen atoms in total. The molecule has 0 radical (unpaired) electrons. The Bertz CT molecular complexity index is 950. The van der Waals surface area contributed by atoms with Crippen molar-refractivity contribution in [2.45, 2.75) is 33.1 Å². The quantitative estimate of drug-likeness (QED) is 0.672. The molecule has 6 heteroatoms. The highest BCUT2D eigenvalue weighted by molar-refractivity contribution is 6.16. The third-order valence-electron chi connectivity index (χ3n) is 5.14. The summed E-state index contributed by atoms with van der Waals surface area (Å²) < 4.78 is 22.3. The van der Waals surface area contributed by atoms with Crippen LogP contribution in [0.5, 0.6) is 23.0 Å². The normalized spacial score (nSPS) is 15.6. The summed E-state index contributed by atoms with van der Waals surface area (Å²) in [4.78, 5) is 0. The maximum atomic E-state index is 5.83. The monoisotopic (exact) mass is 396 g/mol. The van der Waals surface area contributed by atoms with Gasteiger partial charge in [0.25, 0.3) is 0 Å². The van der Waals surface area contributed by atoms with Crippen molar-refractivity contribution >= 4 is 11.4 Å². The zero-order valence-electron chi connectivity index (χ0n) is 17.9. The van der Waals surface area contributed by atoms with E-state index in [1.807, 2.05) is 38.1 Å². The molecule has 0 aromatic heterocycles. The van der Waals surface area contributed by atoms with Crippen molar-refractivity contribution in [2.75, 3.05) is 27.9 Å². The number of methoxy groups -OCH3 is 3. The summed E-state index contributed by atoms with van der Waals surface area (Å²) in [6.45, 7) is 6.70. The highest BCUT2D eigenvalue weighted by Crippen LogP contribution is 2.39. The van der Waals surface area contributed by atoms with E-state index < -0.39 is 0 Å². The summed E-state index contributed by atoms with van der Waals surface area (Å²) in [6, 6.07) is 9.81. The summed E-state index contributed by atoms with van der Waals surface area (Å²) >= 11 is 0. The molecule has 0 N–H and O–H groups in total. The van der Waals surface area contributed by atoms with Crippen LogP contribution < -0.4 is 18.9 Å². The van der Waals surface area contributed by atoms with Crippen molar-refractivity contribution in [1.29, 1.82) is 0 Å². The summed E-state index contributed by atoms with van der Waals surface area (Å²) in [5, 5.41) is 9.14. The molecule has 0 aliphatic carbocycles. The van der Waals surface area contributed by atoms with Gasteiger partial charge in [-0.1, -0.05) is 6.92 Å². The lowest BCUT2D eigenvalue weighted by atomic mass is 9.85. The van der Waals surface area contributed by atoms with Crippen LogP contribution in [-0.4, -0.2) is 39.4 Å². The molecule has 1 heterocycles. The molecule has 1 aliphatic rings. The van der Waals surface area contributed by atoms with Crippen LogP contribution in [0.4, 0.5) is 0 Å². The molecule has 0 saturated carbocycles. The van der Waals surface area contributed by atoms with Gasteiger partial charge in [-0.05, 0) is 56.2 Å². The largest absolute Gasteiger partial charge is 0.493 e. The van der Waals surface area contributed by atoms with Gasteiger partial charge in [-0.25, -0.2) is 0 Å². The first-order valence-corrected chi connectivity index (χ1v) is 9.77. The van der Waals surface area contributed by atoms with Crippen LogP contribution in [0.25, 0.3) is 0 Å². The van der Waals surface area contributed by atoms with Gasteiger partial charge in [-0.3, -0.25) is 0 Å². The molecular weight excluding hydrogens is 368 g/mol. The Morgan fingerprint density at radius 3 is 2.14 bits per heavy atom. The number of nitrogens with zero attached hydrogens (tertiary/aromatic N) is 2. The second-order valence-electron chi connectivity index (χ2n) is 6.74. The van der Waals surface area contributed by atoms with Crippen molar-refractivity contribution in [2.24, 2.45) is 10.2 Å². The molecule has 0 spiro atoms. The fourth-order valence-electron chi connectivity index (χ4n) is 3.69. The lowest BCUT2D eigenvalue weighted by Crippen LogP contribution is -2.13. The zero-order valence-corrected chi connectivity index (χ0v) is 17.9. The summed E-state index contributed by atoms with van der Waals surface area (Å²) in [5.74, 6) is 2.86. The smallest absolute Gasteiger partial charge is 0.161 e. The second-order valence-corrected chi connectivity index (χ2v) is 6.74. The fraction of sp³-hybridized carbons (Fsp3) is 0.391. The first-order valence-electron chi connectivity index (χ1n) is 9.77. The van der Waals surface area contributed by atoms with Gasteiger partial charge in [0.05, 0.1) is 27.9 Å². The minimum Gasteiger partial charge on any atom is -0.493 e. The number of ether oxygens (including phenoxy) is 4. The topological polar surface area (TPSA) is 61.6 Å². The average molecular weight is 396 g/mol.